The zero-order valence-corrected chi connectivity index (χ0v) is 14.3. The molecule has 0 radical (unpaired) electrons. The lowest BCUT2D eigenvalue weighted by Crippen LogP contribution is -2.38. The summed E-state index contributed by atoms with van der Waals surface area (Å²) in [5.74, 6) is 1.23. The molecule has 1 aromatic carbocycles. The number of nitrogens with zero attached hydrogens (tertiary/aromatic N) is 2. The van der Waals surface area contributed by atoms with Gasteiger partial charge in [0.15, 0.2) is 0 Å². The lowest BCUT2D eigenvalue weighted by atomic mass is 10.1. The molecule has 0 spiro atoms. The van der Waals surface area contributed by atoms with E-state index in [-0.39, 0.29) is 6.03 Å². The average molecular weight is 315 g/mol. The molecule has 2 rings (SSSR count). The van der Waals surface area contributed by atoms with Gasteiger partial charge in [-0.1, -0.05) is 32.4 Å². The van der Waals surface area contributed by atoms with Gasteiger partial charge in [-0.25, -0.2) is 4.79 Å². The van der Waals surface area contributed by atoms with E-state index >= 15 is 0 Å². The Balaban J connectivity index is 2.14. The molecule has 2 aromatic rings. The molecule has 23 heavy (non-hydrogen) atoms. The summed E-state index contributed by atoms with van der Waals surface area (Å²) in [6.07, 6.45) is 2.80. The van der Waals surface area contributed by atoms with E-state index in [0.29, 0.717) is 19.0 Å². The van der Waals surface area contributed by atoms with Gasteiger partial charge in [0.2, 0.25) is 0 Å². The molecule has 0 saturated heterocycles. The van der Waals surface area contributed by atoms with Crippen molar-refractivity contribution in [2.24, 2.45) is 5.92 Å². The molecule has 0 saturated carbocycles. The van der Waals surface area contributed by atoms with Gasteiger partial charge in [0.1, 0.15) is 11.3 Å². The van der Waals surface area contributed by atoms with Crippen LogP contribution in [0.3, 0.4) is 0 Å². The number of ether oxygens (including phenoxy) is 1. The summed E-state index contributed by atoms with van der Waals surface area (Å²) in [4.78, 5) is 18.3. The minimum Gasteiger partial charge on any atom is -0.494 e. The number of methoxy groups -OCH3 is 1. The maximum atomic E-state index is 12.2. The van der Waals surface area contributed by atoms with Crippen molar-refractivity contribution in [1.29, 1.82) is 0 Å². The highest BCUT2D eigenvalue weighted by atomic mass is 16.5. The lowest BCUT2D eigenvalue weighted by Gasteiger charge is -2.20. The first-order valence-electron chi connectivity index (χ1n) is 7.96. The van der Waals surface area contributed by atoms with Crippen molar-refractivity contribution >= 4 is 16.9 Å². The van der Waals surface area contributed by atoms with E-state index in [2.05, 4.69) is 24.1 Å². The SMILES string of the molecule is CC[C@H](C)CNC(=O)N(C)Cc1ccc(OC)c2ncccc12. The summed E-state index contributed by atoms with van der Waals surface area (Å²) < 4.78 is 5.36. The van der Waals surface area contributed by atoms with Gasteiger partial charge in [0, 0.05) is 31.7 Å². The van der Waals surface area contributed by atoms with Gasteiger partial charge in [-0.05, 0) is 23.6 Å². The lowest BCUT2D eigenvalue weighted by molar-refractivity contribution is 0.205. The number of carbonyl (C=O) groups is 1. The number of aromatic nitrogens is 1. The van der Waals surface area contributed by atoms with Crippen molar-refractivity contribution < 1.29 is 9.53 Å². The van der Waals surface area contributed by atoms with Gasteiger partial charge in [-0.2, -0.15) is 0 Å². The number of urea groups is 1. The Bertz CT molecular complexity index is 672. The molecule has 0 aliphatic rings. The van der Waals surface area contributed by atoms with E-state index in [0.717, 1.165) is 28.6 Å². The summed E-state index contributed by atoms with van der Waals surface area (Å²) in [6.45, 7) is 5.48. The number of benzene rings is 1. The predicted molar refractivity (Wildman–Crippen MR) is 92.6 cm³/mol. The van der Waals surface area contributed by atoms with Crippen molar-refractivity contribution in [2.45, 2.75) is 26.8 Å². The first-order valence-corrected chi connectivity index (χ1v) is 7.96. The van der Waals surface area contributed by atoms with Crippen molar-refractivity contribution in [3.63, 3.8) is 0 Å². The third kappa shape index (κ3) is 4.12. The Morgan fingerprint density at radius 2 is 2.17 bits per heavy atom. The molecule has 0 bridgehead atoms. The number of amides is 2. The highest BCUT2D eigenvalue weighted by molar-refractivity contribution is 5.87. The van der Waals surface area contributed by atoms with Crippen LogP contribution in [0.5, 0.6) is 5.75 Å². The maximum absolute atomic E-state index is 12.2. The smallest absolute Gasteiger partial charge is 0.317 e. The van der Waals surface area contributed by atoms with Crippen LogP contribution in [-0.2, 0) is 6.54 Å². The molecule has 0 aliphatic heterocycles. The molecule has 0 unspecified atom stereocenters. The largest absolute Gasteiger partial charge is 0.494 e. The quantitative estimate of drug-likeness (QED) is 0.888. The van der Waals surface area contributed by atoms with Crippen LogP contribution < -0.4 is 10.1 Å². The van der Waals surface area contributed by atoms with Crippen molar-refractivity contribution in [2.75, 3.05) is 20.7 Å². The van der Waals surface area contributed by atoms with Gasteiger partial charge >= 0.3 is 6.03 Å². The number of fused-ring (bicyclic) bond motifs is 1. The topological polar surface area (TPSA) is 54.5 Å². The number of nitrogens with one attached hydrogen (secondary N) is 1. The van der Waals surface area contributed by atoms with Gasteiger partial charge < -0.3 is 15.0 Å². The second-order valence-corrected chi connectivity index (χ2v) is 5.88. The van der Waals surface area contributed by atoms with Crippen LogP contribution in [0.2, 0.25) is 0 Å². The second-order valence-electron chi connectivity index (χ2n) is 5.88. The summed E-state index contributed by atoms with van der Waals surface area (Å²) in [5, 5.41) is 3.98. The first-order chi connectivity index (χ1) is 11.1. The van der Waals surface area contributed by atoms with E-state index in [9.17, 15) is 4.79 Å². The fourth-order valence-corrected chi connectivity index (χ4v) is 2.38. The van der Waals surface area contributed by atoms with Crippen LogP contribution in [0, 0.1) is 5.92 Å². The molecule has 124 valence electrons. The van der Waals surface area contributed by atoms with Crippen LogP contribution in [0.4, 0.5) is 4.79 Å². The molecule has 2 amide bonds. The van der Waals surface area contributed by atoms with E-state index in [1.807, 2.05) is 24.3 Å². The fraction of sp³-hybridized carbons (Fsp3) is 0.444. The zero-order valence-electron chi connectivity index (χ0n) is 14.3. The van der Waals surface area contributed by atoms with Crippen LogP contribution in [0.1, 0.15) is 25.8 Å². The summed E-state index contributed by atoms with van der Waals surface area (Å²) >= 11 is 0. The Morgan fingerprint density at radius 1 is 1.39 bits per heavy atom. The van der Waals surface area contributed by atoms with E-state index in [1.165, 1.54) is 0 Å². The average Bonchev–Trinajstić information content (AvgIpc) is 2.59. The fourth-order valence-electron chi connectivity index (χ4n) is 2.38. The molecular weight excluding hydrogens is 290 g/mol. The second kappa shape index (κ2) is 7.81. The van der Waals surface area contributed by atoms with Gasteiger partial charge in [-0.15, -0.1) is 0 Å². The van der Waals surface area contributed by atoms with E-state index in [1.54, 1.807) is 25.3 Å². The predicted octanol–water partition coefficient (Wildman–Crippen LogP) is 3.43. The number of carbonyl (C=O) groups excluding carboxylic acids is 1. The molecule has 5 nitrogen and oxygen atoms in total. The van der Waals surface area contributed by atoms with Crippen LogP contribution in [-0.4, -0.2) is 36.6 Å². The minimum atomic E-state index is -0.0573. The molecule has 1 atom stereocenters. The van der Waals surface area contributed by atoms with Crippen molar-refractivity contribution in [1.82, 2.24) is 15.2 Å². The highest BCUT2D eigenvalue weighted by Crippen LogP contribution is 2.27. The maximum Gasteiger partial charge on any atom is 0.317 e. The molecule has 1 aromatic heterocycles. The van der Waals surface area contributed by atoms with Gasteiger partial charge in [0.05, 0.1) is 7.11 Å². The number of pyridine rings is 1. The van der Waals surface area contributed by atoms with E-state index in [4.69, 9.17) is 4.74 Å². The molecular formula is C18H25N3O2. The third-order valence-corrected chi connectivity index (χ3v) is 4.10. The van der Waals surface area contributed by atoms with Crippen molar-refractivity contribution in [3.8, 4) is 5.75 Å². The van der Waals surface area contributed by atoms with Crippen LogP contribution in [0.15, 0.2) is 30.5 Å². The minimum absolute atomic E-state index is 0.0573. The Labute approximate surface area is 137 Å². The molecule has 1 N–H and O–H groups in total. The zero-order chi connectivity index (χ0) is 16.8. The van der Waals surface area contributed by atoms with Crippen molar-refractivity contribution in [3.05, 3.63) is 36.0 Å². The van der Waals surface area contributed by atoms with Crippen LogP contribution >= 0.6 is 0 Å². The Hall–Kier alpha value is -2.30. The highest BCUT2D eigenvalue weighted by Gasteiger charge is 2.13. The van der Waals surface area contributed by atoms with Gasteiger partial charge in [-0.3, -0.25) is 4.98 Å². The van der Waals surface area contributed by atoms with Crippen LogP contribution in [0.25, 0.3) is 10.9 Å². The summed E-state index contributed by atoms with van der Waals surface area (Å²) in [5.41, 5.74) is 1.87. The number of rotatable bonds is 6. The molecule has 0 fully saturated rings. The Morgan fingerprint density at radius 3 is 2.87 bits per heavy atom. The summed E-state index contributed by atoms with van der Waals surface area (Å²) in [6, 6.07) is 7.73. The number of hydrogen-bond donors (Lipinski definition) is 1. The number of hydrogen-bond acceptors (Lipinski definition) is 3. The monoisotopic (exact) mass is 315 g/mol. The molecule has 0 aliphatic carbocycles. The third-order valence-electron chi connectivity index (χ3n) is 4.10. The normalized spacial score (nSPS) is 12.0. The molecule has 1 heterocycles. The Kier molecular flexibility index (Phi) is 5.79. The standard InChI is InChI=1S/C18H25N3O2/c1-5-13(2)11-20-18(22)21(3)12-14-8-9-16(23-4)17-15(14)7-6-10-19-17/h6-10,13H,5,11-12H2,1-4H3,(H,20,22)/t13-/m0/s1. The summed E-state index contributed by atoms with van der Waals surface area (Å²) in [7, 11) is 3.44. The first kappa shape index (κ1) is 17.1. The van der Waals surface area contributed by atoms with Gasteiger partial charge in [0.25, 0.3) is 0 Å². The molecule has 5 heteroatoms. The van der Waals surface area contributed by atoms with E-state index < -0.39 is 0 Å².